The van der Waals surface area contributed by atoms with Crippen molar-refractivity contribution in [1.82, 2.24) is 10.2 Å². The fourth-order valence-corrected chi connectivity index (χ4v) is 4.34. The van der Waals surface area contributed by atoms with Gasteiger partial charge in [-0.3, -0.25) is 0 Å². The number of carbonyl (C=O) groups excluding carboxylic acids is 1. The van der Waals surface area contributed by atoms with Crippen molar-refractivity contribution in [3.63, 3.8) is 0 Å². The number of likely N-dealkylation sites (tertiary alicyclic amines) is 1. The molecule has 2 aliphatic rings. The van der Waals surface area contributed by atoms with Gasteiger partial charge < -0.3 is 15.0 Å². The Balaban J connectivity index is 1.92. The Kier molecular flexibility index (Phi) is 5.99. The highest BCUT2D eigenvalue weighted by Crippen LogP contribution is 2.38. The summed E-state index contributed by atoms with van der Waals surface area (Å²) in [6.45, 7) is 12.2. The number of hydrogen-bond acceptors (Lipinski definition) is 3. The van der Waals surface area contributed by atoms with Gasteiger partial charge in [0.15, 0.2) is 0 Å². The highest BCUT2D eigenvalue weighted by molar-refractivity contribution is 5.68. The van der Waals surface area contributed by atoms with Gasteiger partial charge in [-0.15, -0.1) is 0 Å². The average Bonchev–Trinajstić information content (AvgIpc) is 2.91. The molecule has 1 saturated heterocycles. The van der Waals surface area contributed by atoms with Gasteiger partial charge in [-0.25, -0.2) is 4.79 Å². The lowest BCUT2D eigenvalue weighted by Crippen LogP contribution is -2.44. The predicted octanol–water partition coefficient (Wildman–Crippen LogP) is 3.90. The van der Waals surface area contributed by atoms with Crippen molar-refractivity contribution in [1.29, 1.82) is 0 Å². The molecule has 2 rings (SSSR count). The van der Waals surface area contributed by atoms with Crippen LogP contribution in [0.1, 0.15) is 60.3 Å². The van der Waals surface area contributed by atoms with Gasteiger partial charge in [-0.2, -0.15) is 0 Å². The van der Waals surface area contributed by atoms with Gasteiger partial charge in [0.25, 0.3) is 0 Å². The summed E-state index contributed by atoms with van der Waals surface area (Å²) in [5.41, 5.74) is -0.410. The largest absolute Gasteiger partial charge is 0.444 e. The maximum absolute atomic E-state index is 12.3. The van der Waals surface area contributed by atoms with Crippen molar-refractivity contribution in [2.75, 3.05) is 20.1 Å². The lowest BCUT2D eigenvalue weighted by atomic mass is 9.70. The summed E-state index contributed by atoms with van der Waals surface area (Å²) in [4.78, 5) is 14.2. The summed E-state index contributed by atoms with van der Waals surface area (Å²) < 4.78 is 5.53. The van der Waals surface area contributed by atoms with E-state index in [0.717, 1.165) is 37.3 Å². The molecule has 23 heavy (non-hydrogen) atoms. The zero-order chi connectivity index (χ0) is 17.2. The Hall–Kier alpha value is -0.770. The molecule has 1 heterocycles. The van der Waals surface area contributed by atoms with Crippen LogP contribution in [0.25, 0.3) is 0 Å². The van der Waals surface area contributed by atoms with Gasteiger partial charge in [0.05, 0.1) is 0 Å². The summed E-state index contributed by atoms with van der Waals surface area (Å²) in [6, 6.07) is 0.525. The maximum atomic E-state index is 12.3. The molecule has 2 fully saturated rings. The predicted molar refractivity (Wildman–Crippen MR) is 94.4 cm³/mol. The van der Waals surface area contributed by atoms with E-state index in [-0.39, 0.29) is 6.09 Å². The maximum Gasteiger partial charge on any atom is 0.410 e. The number of hydrogen-bond donors (Lipinski definition) is 1. The van der Waals surface area contributed by atoms with Crippen LogP contribution in [0.3, 0.4) is 0 Å². The number of carbonyl (C=O) groups is 1. The molecule has 1 saturated carbocycles. The monoisotopic (exact) mass is 324 g/mol. The minimum absolute atomic E-state index is 0.152. The lowest BCUT2D eigenvalue weighted by Gasteiger charge is -2.39. The molecule has 0 spiro atoms. The molecule has 134 valence electrons. The first kappa shape index (κ1) is 18.6. The zero-order valence-corrected chi connectivity index (χ0v) is 15.9. The van der Waals surface area contributed by atoms with Crippen LogP contribution in [-0.4, -0.2) is 42.8 Å². The molecule has 4 heteroatoms. The quantitative estimate of drug-likeness (QED) is 0.856. The summed E-state index contributed by atoms with van der Waals surface area (Å²) in [6.07, 6.45) is 4.91. The lowest BCUT2D eigenvalue weighted by molar-refractivity contribution is 0.0280. The highest BCUT2D eigenvalue weighted by atomic mass is 16.6. The number of nitrogens with zero attached hydrogens (tertiary/aromatic N) is 1. The molecule has 1 aliphatic heterocycles. The number of nitrogens with one attached hydrogen (secondary N) is 1. The summed E-state index contributed by atoms with van der Waals surface area (Å²) in [7, 11) is 2.09. The third-order valence-corrected chi connectivity index (χ3v) is 5.86. The van der Waals surface area contributed by atoms with Crippen molar-refractivity contribution in [2.45, 2.75) is 71.9 Å². The van der Waals surface area contributed by atoms with Gasteiger partial charge in [-0.05, 0) is 70.8 Å². The van der Waals surface area contributed by atoms with Crippen LogP contribution < -0.4 is 5.32 Å². The van der Waals surface area contributed by atoms with Crippen molar-refractivity contribution in [3.05, 3.63) is 0 Å². The molecule has 4 nitrogen and oxygen atoms in total. The Morgan fingerprint density at radius 1 is 1.13 bits per heavy atom. The van der Waals surface area contributed by atoms with E-state index >= 15 is 0 Å². The molecule has 0 aromatic rings. The first-order valence-corrected chi connectivity index (χ1v) is 9.36. The van der Waals surface area contributed by atoms with Crippen LogP contribution in [0.4, 0.5) is 4.79 Å². The fourth-order valence-electron chi connectivity index (χ4n) is 4.34. The first-order chi connectivity index (χ1) is 10.7. The van der Waals surface area contributed by atoms with E-state index in [9.17, 15) is 4.79 Å². The van der Waals surface area contributed by atoms with Crippen LogP contribution in [0.5, 0.6) is 0 Å². The van der Waals surface area contributed by atoms with E-state index < -0.39 is 5.60 Å². The van der Waals surface area contributed by atoms with E-state index in [0.29, 0.717) is 12.0 Å². The first-order valence-electron chi connectivity index (χ1n) is 9.36. The minimum Gasteiger partial charge on any atom is -0.444 e. The summed E-state index contributed by atoms with van der Waals surface area (Å²) in [5, 5.41) is 3.58. The standard InChI is InChI=1S/C19H36N2O2/c1-13-7-8-15(11-14(13)2)17(20-6)16-9-10-21(12-16)18(22)23-19(3,4)5/h13-17,20H,7-12H2,1-6H3. The van der Waals surface area contributed by atoms with Gasteiger partial charge in [0.2, 0.25) is 0 Å². The van der Waals surface area contributed by atoms with Crippen molar-refractivity contribution in [3.8, 4) is 0 Å². The molecule has 1 aliphatic carbocycles. The molecule has 5 atom stereocenters. The molecule has 0 radical (unpaired) electrons. The Labute approximate surface area is 142 Å². The van der Waals surface area contributed by atoms with Crippen LogP contribution in [0.2, 0.25) is 0 Å². The normalized spacial score (nSPS) is 33.6. The third kappa shape index (κ3) is 4.85. The van der Waals surface area contributed by atoms with E-state index in [1.165, 1.54) is 19.3 Å². The van der Waals surface area contributed by atoms with E-state index in [1.807, 2.05) is 25.7 Å². The van der Waals surface area contributed by atoms with Gasteiger partial charge in [0, 0.05) is 19.1 Å². The smallest absolute Gasteiger partial charge is 0.410 e. The zero-order valence-electron chi connectivity index (χ0n) is 15.9. The topological polar surface area (TPSA) is 41.6 Å². The van der Waals surface area contributed by atoms with E-state index in [1.54, 1.807) is 0 Å². The molecular weight excluding hydrogens is 288 g/mol. The molecule has 0 aromatic heterocycles. The van der Waals surface area contributed by atoms with Crippen molar-refractivity contribution >= 4 is 6.09 Å². The SMILES string of the molecule is CNC(C1CCC(C)C(C)C1)C1CCN(C(=O)OC(C)(C)C)C1. The summed E-state index contributed by atoms with van der Waals surface area (Å²) >= 11 is 0. The molecule has 1 amide bonds. The highest BCUT2D eigenvalue weighted by Gasteiger charge is 2.38. The Morgan fingerprint density at radius 3 is 2.39 bits per heavy atom. The Bertz CT molecular complexity index is 405. The average molecular weight is 325 g/mol. The van der Waals surface area contributed by atoms with Crippen LogP contribution >= 0.6 is 0 Å². The van der Waals surface area contributed by atoms with Crippen molar-refractivity contribution < 1.29 is 9.53 Å². The Morgan fingerprint density at radius 2 is 1.83 bits per heavy atom. The van der Waals surface area contributed by atoms with Gasteiger partial charge >= 0.3 is 6.09 Å². The van der Waals surface area contributed by atoms with E-state index in [2.05, 4.69) is 26.2 Å². The van der Waals surface area contributed by atoms with Gasteiger partial charge in [0.1, 0.15) is 5.60 Å². The molecule has 5 unspecified atom stereocenters. The fraction of sp³-hybridized carbons (Fsp3) is 0.947. The second kappa shape index (κ2) is 7.42. The van der Waals surface area contributed by atoms with E-state index in [4.69, 9.17) is 4.74 Å². The van der Waals surface area contributed by atoms with Crippen molar-refractivity contribution in [2.24, 2.45) is 23.7 Å². The van der Waals surface area contributed by atoms with Crippen LogP contribution in [0, 0.1) is 23.7 Å². The molecular formula is C19H36N2O2. The second-order valence-corrected chi connectivity index (χ2v) is 8.82. The summed E-state index contributed by atoms with van der Waals surface area (Å²) in [5.74, 6) is 2.96. The molecule has 0 bridgehead atoms. The van der Waals surface area contributed by atoms with Crippen LogP contribution in [0.15, 0.2) is 0 Å². The third-order valence-electron chi connectivity index (χ3n) is 5.86. The van der Waals surface area contributed by atoms with Gasteiger partial charge in [-0.1, -0.05) is 20.3 Å². The number of ether oxygens (including phenoxy) is 1. The molecule has 0 aromatic carbocycles. The van der Waals surface area contributed by atoms with Crippen LogP contribution in [-0.2, 0) is 4.74 Å². The number of amides is 1. The molecule has 1 N–H and O–H groups in total. The minimum atomic E-state index is -0.410. The number of rotatable bonds is 3. The second-order valence-electron chi connectivity index (χ2n) is 8.82.